The van der Waals surface area contributed by atoms with Crippen LogP contribution in [-0.2, 0) is 5.75 Å². The fourth-order valence-corrected chi connectivity index (χ4v) is 4.05. The molecule has 0 fully saturated rings. The topological polar surface area (TPSA) is 43.1 Å². The van der Waals surface area contributed by atoms with Crippen molar-refractivity contribution in [2.24, 2.45) is 0 Å². The minimum atomic E-state index is -0.235. The van der Waals surface area contributed by atoms with E-state index in [0.29, 0.717) is 16.6 Å². The van der Waals surface area contributed by atoms with E-state index in [1.165, 1.54) is 35.0 Å². The van der Waals surface area contributed by atoms with Crippen molar-refractivity contribution in [1.29, 1.82) is 0 Å². The minimum Gasteiger partial charge on any atom is -0.207 e. The Morgan fingerprint density at radius 3 is 2.17 bits per heavy atom. The second-order valence-corrected chi connectivity index (χ2v) is 7.77. The molecule has 146 valence electrons. The molecule has 0 N–H and O–H groups in total. The fraction of sp³-hybridized carbons (Fsp3) is 0.0417. The summed E-state index contributed by atoms with van der Waals surface area (Å²) in [5, 5.41) is 13.9. The van der Waals surface area contributed by atoms with Crippen LogP contribution >= 0.6 is 11.8 Å². The molecule has 3 aromatic carbocycles. The predicted molar refractivity (Wildman–Crippen MR) is 118 cm³/mol. The molecule has 2 aromatic heterocycles. The van der Waals surface area contributed by atoms with Crippen molar-refractivity contribution in [2.45, 2.75) is 10.9 Å². The molecule has 5 aromatic rings. The van der Waals surface area contributed by atoms with E-state index in [1.807, 2.05) is 30.3 Å². The highest BCUT2D eigenvalue weighted by Gasteiger charge is 2.10. The van der Waals surface area contributed by atoms with Gasteiger partial charge in [0.25, 0.3) is 0 Å². The summed E-state index contributed by atoms with van der Waals surface area (Å²) in [5.74, 6) is 0.430. The molecule has 0 unspecified atom stereocenters. The molecule has 0 atom stereocenters. The fourth-order valence-electron chi connectivity index (χ4n) is 3.21. The molecule has 0 saturated carbocycles. The van der Waals surface area contributed by atoms with Crippen molar-refractivity contribution in [3.63, 3.8) is 0 Å². The van der Waals surface area contributed by atoms with E-state index < -0.39 is 0 Å². The standard InChI is InChI=1S/C24H17FN4S/c25-21-12-6-17(7-13-21)16-30-24-27-26-23-15-14-22(28-29(23)24)20-10-8-19(9-11-20)18-4-2-1-3-5-18/h1-15H,16H2. The third kappa shape index (κ3) is 3.82. The van der Waals surface area contributed by atoms with E-state index >= 15 is 0 Å². The van der Waals surface area contributed by atoms with Crippen LogP contribution in [0.4, 0.5) is 4.39 Å². The van der Waals surface area contributed by atoms with Crippen LogP contribution in [0.25, 0.3) is 28.0 Å². The third-order valence-electron chi connectivity index (χ3n) is 4.80. The maximum atomic E-state index is 13.1. The molecule has 0 radical (unpaired) electrons. The number of halogens is 1. The lowest BCUT2D eigenvalue weighted by atomic mass is 10.0. The highest BCUT2D eigenvalue weighted by molar-refractivity contribution is 7.98. The lowest BCUT2D eigenvalue weighted by molar-refractivity contribution is 0.627. The van der Waals surface area contributed by atoms with Gasteiger partial charge in [-0.1, -0.05) is 78.5 Å². The summed E-state index contributed by atoms with van der Waals surface area (Å²) < 4.78 is 14.9. The Hall–Kier alpha value is -3.51. The zero-order chi connectivity index (χ0) is 20.3. The van der Waals surface area contributed by atoms with Crippen LogP contribution in [0.3, 0.4) is 0 Å². The van der Waals surface area contributed by atoms with Gasteiger partial charge in [-0.3, -0.25) is 0 Å². The SMILES string of the molecule is Fc1ccc(CSc2nnc3ccc(-c4ccc(-c5ccccc5)cc4)nn23)cc1. The van der Waals surface area contributed by atoms with E-state index in [-0.39, 0.29) is 5.82 Å². The highest BCUT2D eigenvalue weighted by Crippen LogP contribution is 2.26. The van der Waals surface area contributed by atoms with Crippen molar-refractivity contribution in [3.05, 3.63) is 102 Å². The van der Waals surface area contributed by atoms with Gasteiger partial charge in [-0.2, -0.15) is 9.61 Å². The molecule has 0 spiro atoms. The average molecular weight is 412 g/mol. The van der Waals surface area contributed by atoms with Gasteiger partial charge < -0.3 is 0 Å². The summed E-state index contributed by atoms with van der Waals surface area (Å²) in [6.45, 7) is 0. The zero-order valence-corrected chi connectivity index (χ0v) is 16.8. The van der Waals surface area contributed by atoms with Gasteiger partial charge in [0.1, 0.15) is 5.82 Å². The summed E-state index contributed by atoms with van der Waals surface area (Å²) in [4.78, 5) is 0. The van der Waals surface area contributed by atoms with Gasteiger partial charge in [0.05, 0.1) is 5.69 Å². The Bertz CT molecular complexity index is 1280. The lowest BCUT2D eigenvalue weighted by Gasteiger charge is -2.06. The lowest BCUT2D eigenvalue weighted by Crippen LogP contribution is -1.96. The molecular weight excluding hydrogens is 395 g/mol. The van der Waals surface area contributed by atoms with E-state index in [0.717, 1.165) is 16.8 Å². The molecule has 0 amide bonds. The maximum absolute atomic E-state index is 13.1. The molecule has 0 aliphatic heterocycles. The second-order valence-electron chi connectivity index (χ2n) is 6.83. The van der Waals surface area contributed by atoms with Crippen LogP contribution < -0.4 is 0 Å². The van der Waals surface area contributed by atoms with Crippen LogP contribution in [0.1, 0.15) is 5.56 Å². The van der Waals surface area contributed by atoms with E-state index in [9.17, 15) is 4.39 Å². The van der Waals surface area contributed by atoms with Gasteiger partial charge in [-0.25, -0.2) is 4.39 Å². The third-order valence-corrected chi connectivity index (χ3v) is 5.79. The molecule has 6 heteroatoms. The first-order valence-electron chi connectivity index (χ1n) is 9.52. The quantitative estimate of drug-likeness (QED) is 0.338. The Morgan fingerprint density at radius 1 is 0.700 bits per heavy atom. The van der Waals surface area contributed by atoms with E-state index in [4.69, 9.17) is 5.10 Å². The second kappa shape index (κ2) is 8.08. The smallest absolute Gasteiger partial charge is 0.207 e. The number of fused-ring (bicyclic) bond motifs is 1. The largest absolute Gasteiger partial charge is 0.212 e. The van der Waals surface area contributed by atoms with Gasteiger partial charge >= 0.3 is 0 Å². The van der Waals surface area contributed by atoms with Gasteiger partial charge in [0.15, 0.2) is 5.65 Å². The summed E-state index contributed by atoms with van der Waals surface area (Å²) in [6.07, 6.45) is 0. The van der Waals surface area contributed by atoms with Crippen molar-refractivity contribution >= 4 is 17.4 Å². The molecule has 0 aliphatic rings. The first-order valence-corrected chi connectivity index (χ1v) is 10.5. The molecule has 0 aliphatic carbocycles. The van der Waals surface area contributed by atoms with Crippen molar-refractivity contribution in [3.8, 4) is 22.4 Å². The maximum Gasteiger partial charge on any atom is 0.212 e. The number of benzene rings is 3. The highest BCUT2D eigenvalue weighted by atomic mass is 32.2. The monoisotopic (exact) mass is 412 g/mol. The van der Waals surface area contributed by atoms with E-state index in [1.54, 1.807) is 16.6 Å². The first kappa shape index (κ1) is 18.5. The first-order chi connectivity index (χ1) is 14.8. The Labute approximate surface area is 177 Å². The number of rotatable bonds is 5. The number of nitrogens with zero attached hydrogens (tertiary/aromatic N) is 4. The summed E-state index contributed by atoms with van der Waals surface area (Å²) >= 11 is 1.52. The molecule has 5 rings (SSSR count). The normalized spacial score (nSPS) is 11.1. The number of hydrogen-bond donors (Lipinski definition) is 0. The van der Waals surface area contributed by atoms with Gasteiger partial charge in [-0.05, 0) is 41.0 Å². The van der Waals surface area contributed by atoms with Crippen LogP contribution in [-0.4, -0.2) is 19.8 Å². The summed E-state index contributed by atoms with van der Waals surface area (Å²) in [5.41, 5.74) is 5.95. The van der Waals surface area contributed by atoms with Gasteiger partial charge in [-0.15, -0.1) is 10.2 Å². The van der Waals surface area contributed by atoms with Crippen LogP contribution in [0, 0.1) is 5.82 Å². The Morgan fingerprint density at radius 2 is 1.40 bits per heavy atom. The molecule has 4 nitrogen and oxygen atoms in total. The summed E-state index contributed by atoms with van der Waals surface area (Å²) in [7, 11) is 0. The average Bonchev–Trinajstić information content (AvgIpc) is 3.22. The van der Waals surface area contributed by atoms with Gasteiger partial charge in [0, 0.05) is 11.3 Å². The minimum absolute atomic E-state index is 0.235. The van der Waals surface area contributed by atoms with Crippen molar-refractivity contribution in [2.75, 3.05) is 0 Å². The van der Waals surface area contributed by atoms with Gasteiger partial charge in [0.2, 0.25) is 5.16 Å². The Kier molecular flexibility index (Phi) is 4.99. The summed E-state index contributed by atoms with van der Waals surface area (Å²) in [6, 6.07) is 29.0. The molecule has 30 heavy (non-hydrogen) atoms. The molecule has 2 heterocycles. The Balaban J connectivity index is 1.40. The van der Waals surface area contributed by atoms with Crippen LogP contribution in [0.2, 0.25) is 0 Å². The van der Waals surface area contributed by atoms with Crippen LogP contribution in [0.15, 0.2) is 96.2 Å². The van der Waals surface area contributed by atoms with Crippen molar-refractivity contribution in [1.82, 2.24) is 19.8 Å². The van der Waals surface area contributed by atoms with Crippen molar-refractivity contribution < 1.29 is 4.39 Å². The number of hydrogen-bond acceptors (Lipinski definition) is 4. The van der Waals surface area contributed by atoms with E-state index in [2.05, 4.69) is 46.6 Å². The molecule has 0 bridgehead atoms. The molecule has 0 saturated heterocycles. The molecular formula is C24H17FN4S. The van der Waals surface area contributed by atoms with Crippen LogP contribution in [0.5, 0.6) is 0 Å². The predicted octanol–water partition coefficient (Wildman–Crippen LogP) is 5.89. The number of aromatic nitrogens is 4. The number of thioether (sulfide) groups is 1. The zero-order valence-electron chi connectivity index (χ0n) is 15.9.